The van der Waals surface area contributed by atoms with Crippen LogP contribution in [-0.4, -0.2) is 31.3 Å². The summed E-state index contributed by atoms with van der Waals surface area (Å²) >= 11 is 0. The van der Waals surface area contributed by atoms with Crippen LogP contribution in [0.2, 0.25) is 0 Å². The van der Waals surface area contributed by atoms with Crippen LogP contribution in [0.15, 0.2) is 71.9 Å². The first-order valence-corrected chi connectivity index (χ1v) is 9.69. The van der Waals surface area contributed by atoms with Gasteiger partial charge in [0.25, 0.3) is 5.56 Å². The lowest BCUT2D eigenvalue weighted by Crippen LogP contribution is -2.19. The highest BCUT2D eigenvalue weighted by molar-refractivity contribution is 5.86. The number of benzene rings is 1. The van der Waals surface area contributed by atoms with Gasteiger partial charge in [-0.15, -0.1) is 0 Å². The van der Waals surface area contributed by atoms with E-state index in [1.54, 1.807) is 36.3 Å². The lowest BCUT2D eigenvalue weighted by Gasteiger charge is -2.07. The second-order valence-electron chi connectivity index (χ2n) is 6.88. The van der Waals surface area contributed by atoms with Crippen LogP contribution in [0.1, 0.15) is 12.6 Å². The standard InChI is InChI=1S/C23H19N5O2/c1-3-18-21(15-7-9-16(30-2)10-8-15)22-25-14-17-19(28(22)26-18)11-13-27(23(17)29)20-6-4-5-12-24-20/h4-14H,3H2,1-2H3. The molecule has 5 rings (SSSR count). The average molecular weight is 397 g/mol. The molecule has 0 unspecified atom stereocenters. The number of pyridine rings is 2. The number of fused-ring (bicyclic) bond motifs is 3. The van der Waals surface area contributed by atoms with Gasteiger partial charge in [-0.25, -0.2) is 14.5 Å². The Balaban J connectivity index is 1.76. The number of ether oxygens (including phenoxy) is 1. The Labute approximate surface area is 172 Å². The van der Waals surface area contributed by atoms with Crippen LogP contribution in [0.25, 0.3) is 33.5 Å². The van der Waals surface area contributed by atoms with Crippen molar-refractivity contribution >= 4 is 16.6 Å². The molecule has 5 aromatic rings. The lowest BCUT2D eigenvalue weighted by molar-refractivity contribution is 0.415. The van der Waals surface area contributed by atoms with Gasteiger partial charge in [0.2, 0.25) is 0 Å². The third kappa shape index (κ3) is 2.75. The molecule has 0 fully saturated rings. The average Bonchev–Trinajstić information content (AvgIpc) is 3.19. The molecule has 0 aliphatic heterocycles. The highest BCUT2D eigenvalue weighted by Gasteiger charge is 2.18. The molecule has 0 bridgehead atoms. The molecule has 0 aliphatic rings. The third-order valence-corrected chi connectivity index (χ3v) is 5.19. The summed E-state index contributed by atoms with van der Waals surface area (Å²) in [5.41, 5.74) is 4.16. The summed E-state index contributed by atoms with van der Waals surface area (Å²) in [6.45, 7) is 2.06. The molecule has 0 N–H and O–H groups in total. The topological polar surface area (TPSA) is 74.3 Å². The molecule has 30 heavy (non-hydrogen) atoms. The van der Waals surface area contributed by atoms with E-state index in [4.69, 9.17) is 9.84 Å². The van der Waals surface area contributed by atoms with E-state index >= 15 is 0 Å². The van der Waals surface area contributed by atoms with Crippen LogP contribution in [0, 0.1) is 0 Å². The van der Waals surface area contributed by atoms with E-state index in [2.05, 4.69) is 16.9 Å². The minimum atomic E-state index is -0.180. The predicted octanol–water partition coefficient (Wildman–Crippen LogP) is 3.67. The molecule has 0 atom stereocenters. The molecule has 0 radical (unpaired) electrons. The van der Waals surface area contributed by atoms with Crippen LogP contribution < -0.4 is 10.3 Å². The van der Waals surface area contributed by atoms with Crippen molar-refractivity contribution in [1.82, 2.24) is 24.1 Å². The van der Waals surface area contributed by atoms with Crippen LogP contribution >= 0.6 is 0 Å². The molecule has 4 heterocycles. The zero-order valence-corrected chi connectivity index (χ0v) is 16.6. The van der Waals surface area contributed by atoms with Crippen molar-refractivity contribution < 1.29 is 4.74 Å². The van der Waals surface area contributed by atoms with E-state index in [0.717, 1.165) is 34.6 Å². The molecule has 4 aromatic heterocycles. The molecule has 7 nitrogen and oxygen atoms in total. The number of methoxy groups -OCH3 is 1. The first-order chi connectivity index (χ1) is 14.7. The monoisotopic (exact) mass is 397 g/mol. The Bertz CT molecular complexity index is 1420. The van der Waals surface area contributed by atoms with Crippen LogP contribution in [0.4, 0.5) is 0 Å². The van der Waals surface area contributed by atoms with Gasteiger partial charge in [0, 0.05) is 24.2 Å². The van der Waals surface area contributed by atoms with Gasteiger partial charge in [-0.3, -0.25) is 9.36 Å². The summed E-state index contributed by atoms with van der Waals surface area (Å²) < 4.78 is 8.55. The number of nitrogens with zero attached hydrogens (tertiary/aromatic N) is 5. The molecule has 0 spiro atoms. The normalized spacial score (nSPS) is 11.3. The highest BCUT2D eigenvalue weighted by atomic mass is 16.5. The van der Waals surface area contributed by atoms with Gasteiger partial charge >= 0.3 is 0 Å². The first kappa shape index (κ1) is 18.1. The maximum atomic E-state index is 13.1. The second kappa shape index (κ2) is 7.11. The number of aryl methyl sites for hydroxylation is 1. The number of aromatic nitrogens is 5. The summed E-state index contributed by atoms with van der Waals surface area (Å²) in [5.74, 6) is 1.36. The van der Waals surface area contributed by atoms with Crippen molar-refractivity contribution in [2.45, 2.75) is 13.3 Å². The Morgan fingerprint density at radius 2 is 1.87 bits per heavy atom. The van der Waals surface area contributed by atoms with Gasteiger partial charge in [0.05, 0.1) is 23.7 Å². The Kier molecular flexibility index (Phi) is 4.28. The maximum absolute atomic E-state index is 13.1. The Morgan fingerprint density at radius 3 is 2.57 bits per heavy atom. The fourth-order valence-electron chi connectivity index (χ4n) is 3.69. The highest BCUT2D eigenvalue weighted by Crippen LogP contribution is 2.30. The van der Waals surface area contributed by atoms with Gasteiger partial charge < -0.3 is 4.74 Å². The maximum Gasteiger partial charge on any atom is 0.267 e. The van der Waals surface area contributed by atoms with Crippen LogP contribution in [-0.2, 0) is 6.42 Å². The zero-order valence-electron chi connectivity index (χ0n) is 16.6. The van der Waals surface area contributed by atoms with Crippen molar-refractivity contribution in [1.29, 1.82) is 0 Å². The van der Waals surface area contributed by atoms with Crippen molar-refractivity contribution in [3.8, 4) is 22.7 Å². The fraction of sp³-hybridized carbons (Fsp3) is 0.130. The molecule has 0 amide bonds. The molecular formula is C23H19N5O2. The number of hydrogen-bond acceptors (Lipinski definition) is 5. The second-order valence-corrected chi connectivity index (χ2v) is 6.88. The quantitative estimate of drug-likeness (QED) is 0.463. The van der Waals surface area contributed by atoms with Crippen molar-refractivity contribution in [3.05, 3.63) is 83.2 Å². The van der Waals surface area contributed by atoms with Crippen LogP contribution in [0.3, 0.4) is 0 Å². The summed E-state index contributed by atoms with van der Waals surface area (Å²) in [6, 6.07) is 15.2. The van der Waals surface area contributed by atoms with Crippen molar-refractivity contribution in [2.75, 3.05) is 7.11 Å². The summed E-state index contributed by atoms with van der Waals surface area (Å²) in [7, 11) is 1.65. The molecular weight excluding hydrogens is 378 g/mol. The SMILES string of the molecule is CCc1nn2c(ncc3c(=O)n(-c4ccccn4)ccc32)c1-c1ccc(OC)cc1. The lowest BCUT2D eigenvalue weighted by atomic mass is 10.0. The van der Waals surface area contributed by atoms with Gasteiger partial charge in [0.1, 0.15) is 11.6 Å². The van der Waals surface area contributed by atoms with Gasteiger partial charge in [0.15, 0.2) is 5.65 Å². The van der Waals surface area contributed by atoms with E-state index in [1.807, 2.05) is 42.5 Å². The smallest absolute Gasteiger partial charge is 0.267 e. The van der Waals surface area contributed by atoms with E-state index in [0.29, 0.717) is 16.7 Å². The summed E-state index contributed by atoms with van der Waals surface area (Å²) in [6.07, 6.45) is 5.76. The Hall–Kier alpha value is -4.00. The zero-order chi connectivity index (χ0) is 20.7. The van der Waals surface area contributed by atoms with E-state index in [-0.39, 0.29) is 5.56 Å². The van der Waals surface area contributed by atoms with Crippen molar-refractivity contribution in [3.63, 3.8) is 0 Å². The largest absolute Gasteiger partial charge is 0.497 e. The molecule has 1 aromatic carbocycles. The number of hydrogen-bond donors (Lipinski definition) is 0. The molecule has 148 valence electrons. The van der Waals surface area contributed by atoms with Gasteiger partial charge in [-0.05, 0) is 42.3 Å². The third-order valence-electron chi connectivity index (χ3n) is 5.19. The molecule has 0 saturated carbocycles. The number of rotatable bonds is 4. The molecule has 0 aliphatic carbocycles. The summed E-state index contributed by atoms with van der Waals surface area (Å²) in [5, 5.41) is 5.27. The van der Waals surface area contributed by atoms with Crippen molar-refractivity contribution in [2.24, 2.45) is 0 Å². The summed E-state index contributed by atoms with van der Waals surface area (Å²) in [4.78, 5) is 22.0. The molecule has 0 saturated heterocycles. The Morgan fingerprint density at radius 1 is 1.03 bits per heavy atom. The first-order valence-electron chi connectivity index (χ1n) is 9.69. The van der Waals surface area contributed by atoms with Gasteiger partial charge in [-0.2, -0.15) is 5.10 Å². The van der Waals surface area contributed by atoms with Crippen LogP contribution in [0.5, 0.6) is 5.75 Å². The minimum absolute atomic E-state index is 0.180. The van der Waals surface area contributed by atoms with E-state index in [9.17, 15) is 4.79 Å². The van der Waals surface area contributed by atoms with E-state index < -0.39 is 0 Å². The minimum Gasteiger partial charge on any atom is -0.497 e. The van der Waals surface area contributed by atoms with Gasteiger partial charge in [-0.1, -0.05) is 25.1 Å². The fourth-order valence-corrected chi connectivity index (χ4v) is 3.69. The predicted molar refractivity (Wildman–Crippen MR) is 115 cm³/mol. The van der Waals surface area contributed by atoms with E-state index in [1.165, 1.54) is 4.57 Å². The molecule has 7 heteroatoms.